The Balaban J connectivity index is 2.47. The number of nitrogens with one attached hydrogen (secondary N) is 1. The van der Waals surface area contributed by atoms with Crippen LogP contribution in [0, 0.1) is 12.3 Å². The van der Waals surface area contributed by atoms with E-state index in [9.17, 15) is 9.59 Å². The molecule has 1 atom stereocenters. The summed E-state index contributed by atoms with van der Waals surface area (Å²) in [5.41, 5.74) is 0. The van der Waals surface area contributed by atoms with Gasteiger partial charge in [-0.1, -0.05) is 0 Å². The number of hydrogen-bond donors (Lipinski definition) is 2. The molecule has 16 heavy (non-hydrogen) atoms. The molecular formula is C10H14N2O3S. The fraction of sp³-hybridized carbons (Fsp3) is 0.600. The van der Waals surface area contributed by atoms with E-state index in [4.69, 9.17) is 11.5 Å². The van der Waals surface area contributed by atoms with Crippen molar-refractivity contribution >= 4 is 23.8 Å². The van der Waals surface area contributed by atoms with Gasteiger partial charge < -0.3 is 15.3 Å². The van der Waals surface area contributed by atoms with Crippen LogP contribution in [0.15, 0.2) is 0 Å². The molecule has 1 fully saturated rings. The van der Waals surface area contributed by atoms with Gasteiger partial charge in [0.1, 0.15) is 6.04 Å². The molecule has 1 aliphatic rings. The standard InChI is InChI=1S/C10H14N2O3S/c1-2-3-8(9(13)14)11-10(15)12-4-6-16-7-5-12/h1,8H,3-7H2,(H,11,15)(H,13,14). The largest absolute Gasteiger partial charge is 0.480 e. The van der Waals surface area contributed by atoms with Crippen LogP contribution in [0.1, 0.15) is 6.42 Å². The third kappa shape index (κ3) is 3.66. The second kappa shape index (κ2) is 6.28. The van der Waals surface area contributed by atoms with Gasteiger partial charge in [0.15, 0.2) is 0 Å². The lowest BCUT2D eigenvalue weighted by molar-refractivity contribution is -0.139. The molecule has 5 nitrogen and oxygen atoms in total. The Morgan fingerprint density at radius 1 is 1.50 bits per heavy atom. The van der Waals surface area contributed by atoms with Crippen LogP contribution < -0.4 is 5.32 Å². The summed E-state index contributed by atoms with van der Waals surface area (Å²) in [6, 6.07) is -1.34. The highest BCUT2D eigenvalue weighted by molar-refractivity contribution is 7.99. The second-order valence-electron chi connectivity index (χ2n) is 3.35. The minimum atomic E-state index is -1.10. The summed E-state index contributed by atoms with van der Waals surface area (Å²) in [7, 11) is 0. The van der Waals surface area contributed by atoms with Crippen molar-refractivity contribution in [2.45, 2.75) is 12.5 Å². The zero-order chi connectivity index (χ0) is 12.0. The molecule has 0 aromatic carbocycles. The first-order valence-electron chi connectivity index (χ1n) is 4.94. The Bertz CT molecular complexity index is 308. The van der Waals surface area contributed by atoms with Crippen LogP contribution >= 0.6 is 11.8 Å². The number of rotatable bonds is 3. The van der Waals surface area contributed by atoms with Crippen LogP contribution in [0.2, 0.25) is 0 Å². The third-order valence-electron chi connectivity index (χ3n) is 2.22. The molecule has 0 spiro atoms. The van der Waals surface area contributed by atoms with Crippen LogP contribution in [0.3, 0.4) is 0 Å². The molecule has 0 aliphatic carbocycles. The molecule has 0 aromatic heterocycles. The molecule has 6 heteroatoms. The summed E-state index contributed by atoms with van der Waals surface area (Å²) >= 11 is 1.78. The predicted molar refractivity (Wildman–Crippen MR) is 62.3 cm³/mol. The SMILES string of the molecule is C#CCC(NC(=O)N1CCSCC1)C(=O)O. The number of carboxylic acids is 1. The molecule has 0 saturated carbocycles. The fourth-order valence-corrected chi connectivity index (χ4v) is 2.23. The van der Waals surface area contributed by atoms with Gasteiger partial charge >= 0.3 is 12.0 Å². The summed E-state index contributed by atoms with van der Waals surface area (Å²) in [5.74, 6) is 2.92. The molecule has 2 amide bonds. The molecule has 1 rings (SSSR count). The van der Waals surface area contributed by atoms with Crippen molar-refractivity contribution in [2.75, 3.05) is 24.6 Å². The van der Waals surface area contributed by atoms with Gasteiger partial charge in [-0.3, -0.25) is 0 Å². The maximum Gasteiger partial charge on any atom is 0.327 e. The van der Waals surface area contributed by atoms with Crippen LogP contribution in [-0.4, -0.2) is 52.6 Å². The molecular weight excluding hydrogens is 228 g/mol. The Hall–Kier alpha value is -1.35. The average Bonchev–Trinajstić information content (AvgIpc) is 2.29. The maximum atomic E-state index is 11.7. The summed E-state index contributed by atoms with van der Waals surface area (Å²) in [6.45, 7) is 1.30. The molecule has 2 N–H and O–H groups in total. The number of terminal acetylenes is 1. The van der Waals surface area contributed by atoms with E-state index in [-0.39, 0.29) is 12.5 Å². The zero-order valence-electron chi connectivity index (χ0n) is 8.81. The van der Waals surface area contributed by atoms with E-state index in [0.29, 0.717) is 13.1 Å². The lowest BCUT2D eigenvalue weighted by Crippen LogP contribution is -2.50. The number of urea groups is 1. The first-order valence-corrected chi connectivity index (χ1v) is 6.10. The van der Waals surface area contributed by atoms with Crippen LogP contribution in [0.25, 0.3) is 0 Å². The first-order chi connectivity index (χ1) is 7.65. The van der Waals surface area contributed by atoms with Crippen molar-refractivity contribution < 1.29 is 14.7 Å². The minimum Gasteiger partial charge on any atom is -0.480 e. The fourth-order valence-electron chi connectivity index (χ4n) is 1.32. The molecule has 1 unspecified atom stereocenters. The number of aliphatic carboxylic acids is 1. The average molecular weight is 242 g/mol. The van der Waals surface area contributed by atoms with E-state index >= 15 is 0 Å². The number of carbonyl (C=O) groups is 2. The Labute approximate surface area is 98.6 Å². The molecule has 88 valence electrons. The topological polar surface area (TPSA) is 69.6 Å². The van der Waals surface area contributed by atoms with Crippen LogP contribution in [0.5, 0.6) is 0 Å². The number of amides is 2. The van der Waals surface area contributed by atoms with E-state index < -0.39 is 12.0 Å². The highest BCUT2D eigenvalue weighted by Gasteiger charge is 2.23. The van der Waals surface area contributed by atoms with Gasteiger partial charge in [0.2, 0.25) is 0 Å². The highest BCUT2D eigenvalue weighted by atomic mass is 32.2. The van der Waals surface area contributed by atoms with E-state index in [1.54, 1.807) is 16.7 Å². The van der Waals surface area contributed by atoms with Gasteiger partial charge in [0, 0.05) is 31.0 Å². The van der Waals surface area contributed by atoms with Crippen molar-refractivity contribution in [3.05, 3.63) is 0 Å². The molecule has 1 heterocycles. The molecule has 1 saturated heterocycles. The summed E-state index contributed by atoms with van der Waals surface area (Å²) in [4.78, 5) is 24.1. The summed E-state index contributed by atoms with van der Waals surface area (Å²) in [5, 5.41) is 11.2. The van der Waals surface area contributed by atoms with Crippen molar-refractivity contribution in [3.63, 3.8) is 0 Å². The molecule has 0 bridgehead atoms. The summed E-state index contributed by atoms with van der Waals surface area (Å²) in [6.07, 6.45) is 5.04. The molecule has 0 aromatic rings. The van der Waals surface area contributed by atoms with E-state index in [1.807, 2.05) is 0 Å². The third-order valence-corrected chi connectivity index (χ3v) is 3.16. The highest BCUT2D eigenvalue weighted by Crippen LogP contribution is 2.09. The number of nitrogens with zero attached hydrogens (tertiary/aromatic N) is 1. The lowest BCUT2D eigenvalue weighted by atomic mass is 10.2. The number of thioether (sulfide) groups is 1. The van der Waals surface area contributed by atoms with E-state index in [1.165, 1.54) is 0 Å². The molecule has 0 radical (unpaired) electrons. The van der Waals surface area contributed by atoms with Gasteiger partial charge in [0.05, 0.1) is 0 Å². The van der Waals surface area contributed by atoms with Gasteiger partial charge in [-0.2, -0.15) is 11.8 Å². The van der Waals surface area contributed by atoms with Gasteiger partial charge in [0.25, 0.3) is 0 Å². The van der Waals surface area contributed by atoms with Gasteiger partial charge in [-0.25, -0.2) is 9.59 Å². The number of carboxylic acid groups (broad SMARTS) is 1. The van der Waals surface area contributed by atoms with Gasteiger partial charge in [-0.05, 0) is 0 Å². The van der Waals surface area contributed by atoms with Crippen molar-refractivity contribution in [1.29, 1.82) is 0 Å². The van der Waals surface area contributed by atoms with E-state index in [0.717, 1.165) is 11.5 Å². The Morgan fingerprint density at radius 3 is 2.62 bits per heavy atom. The first kappa shape index (κ1) is 12.7. The Kier molecular flexibility index (Phi) is 4.99. The quantitative estimate of drug-likeness (QED) is 0.695. The maximum absolute atomic E-state index is 11.7. The minimum absolute atomic E-state index is 0.00363. The molecule has 1 aliphatic heterocycles. The second-order valence-corrected chi connectivity index (χ2v) is 4.57. The predicted octanol–water partition coefficient (Wildman–Crippen LogP) is 0.221. The van der Waals surface area contributed by atoms with Gasteiger partial charge in [-0.15, -0.1) is 12.3 Å². The van der Waals surface area contributed by atoms with Crippen molar-refractivity contribution in [1.82, 2.24) is 10.2 Å². The van der Waals surface area contributed by atoms with Crippen LogP contribution in [-0.2, 0) is 4.79 Å². The van der Waals surface area contributed by atoms with Crippen LogP contribution in [0.4, 0.5) is 4.79 Å². The van der Waals surface area contributed by atoms with Crippen molar-refractivity contribution in [3.8, 4) is 12.3 Å². The monoisotopic (exact) mass is 242 g/mol. The number of hydrogen-bond acceptors (Lipinski definition) is 3. The smallest absolute Gasteiger partial charge is 0.327 e. The summed E-state index contributed by atoms with van der Waals surface area (Å²) < 4.78 is 0. The number of carbonyl (C=O) groups excluding carboxylic acids is 1. The zero-order valence-corrected chi connectivity index (χ0v) is 9.63. The lowest BCUT2D eigenvalue weighted by Gasteiger charge is -2.27. The Morgan fingerprint density at radius 2 is 2.12 bits per heavy atom. The normalized spacial score (nSPS) is 17.3. The van der Waals surface area contributed by atoms with Crippen molar-refractivity contribution in [2.24, 2.45) is 0 Å². The van der Waals surface area contributed by atoms with E-state index in [2.05, 4.69) is 11.2 Å².